The molecule has 1 heterocycles. The molecule has 1 aromatic heterocycles. The molecular weight excluding hydrogens is 242 g/mol. The molecule has 0 saturated carbocycles. The van der Waals surface area contributed by atoms with Gasteiger partial charge in [-0.1, -0.05) is 6.92 Å². The first-order valence-corrected chi connectivity index (χ1v) is 6.60. The highest BCUT2D eigenvalue weighted by Crippen LogP contribution is 2.07. The molecule has 0 spiro atoms. The quantitative estimate of drug-likeness (QED) is 0.732. The Hall–Kier alpha value is -1.69. The number of anilines is 1. The molecule has 0 radical (unpaired) electrons. The standard InChI is InChI=1S/C13H23N5O/c1-4-5-15-13-7-16-11(6-17-13)8-18(10(2)3)9-12(14)19/h6-7,10H,4-5,8-9H2,1-3H3,(H2,14,19)(H,15,17). The molecule has 0 saturated heterocycles. The predicted octanol–water partition coefficient (Wildman–Crippen LogP) is 0.994. The van der Waals surface area contributed by atoms with Crippen LogP contribution >= 0.6 is 0 Å². The van der Waals surface area contributed by atoms with Crippen LogP contribution < -0.4 is 11.1 Å². The maximum Gasteiger partial charge on any atom is 0.231 e. The number of hydrogen-bond acceptors (Lipinski definition) is 5. The van der Waals surface area contributed by atoms with Crippen LogP contribution in [-0.2, 0) is 11.3 Å². The molecule has 6 nitrogen and oxygen atoms in total. The summed E-state index contributed by atoms with van der Waals surface area (Å²) in [7, 11) is 0. The van der Waals surface area contributed by atoms with Gasteiger partial charge in [0.15, 0.2) is 0 Å². The van der Waals surface area contributed by atoms with Crippen LogP contribution in [0.1, 0.15) is 32.9 Å². The van der Waals surface area contributed by atoms with Crippen molar-refractivity contribution in [3.8, 4) is 0 Å². The lowest BCUT2D eigenvalue weighted by molar-refractivity contribution is -0.119. The number of carbonyl (C=O) groups is 1. The summed E-state index contributed by atoms with van der Waals surface area (Å²) in [5.74, 6) is 0.444. The maximum atomic E-state index is 11.0. The topological polar surface area (TPSA) is 84.1 Å². The third-order valence-electron chi connectivity index (χ3n) is 2.72. The Bertz CT molecular complexity index is 391. The molecule has 1 aromatic rings. The van der Waals surface area contributed by atoms with E-state index in [1.54, 1.807) is 12.4 Å². The first kappa shape index (κ1) is 15.4. The van der Waals surface area contributed by atoms with Crippen molar-refractivity contribution in [2.45, 2.75) is 39.8 Å². The van der Waals surface area contributed by atoms with Crippen LogP contribution in [0.2, 0.25) is 0 Å². The summed E-state index contributed by atoms with van der Waals surface area (Å²) in [5, 5.41) is 3.17. The lowest BCUT2D eigenvalue weighted by atomic mass is 10.3. The summed E-state index contributed by atoms with van der Waals surface area (Å²) in [6.45, 7) is 7.82. The summed E-state index contributed by atoms with van der Waals surface area (Å²) in [4.78, 5) is 21.6. The van der Waals surface area contributed by atoms with Crippen molar-refractivity contribution < 1.29 is 4.79 Å². The van der Waals surface area contributed by atoms with Crippen LogP contribution in [0.15, 0.2) is 12.4 Å². The lowest BCUT2D eigenvalue weighted by Gasteiger charge is -2.24. The van der Waals surface area contributed by atoms with Gasteiger partial charge < -0.3 is 11.1 Å². The minimum absolute atomic E-state index is 0.229. The van der Waals surface area contributed by atoms with E-state index in [2.05, 4.69) is 22.2 Å². The second-order valence-corrected chi connectivity index (χ2v) is 4.78. The molecule has 0 fully saturated rings. The van der Waals surface area contributed by atoms with E-state index in [0.717, 1.165) is 24.5 Å². The maximum absolute atomic E-state index is 11.0. The summed E-state index contributed by atoms with van der Waals surface area (Å²) in [6.07, 6.45) is 4.49. The molecule has 106 valence electrons. The van der Waals surface area contributed by atoms with E-state index >= 15 is 0 Å². The number of rotatable bonds is 8. The number of nitrogens with two attached hydrogens (primary N) is 1. The fraction of sp³-hybridized carbons (Fsp3) is 0.615. The third kappa shape index (κ3) is 5.65. The molecule has 0 bridgehead atoms. The summed E-state index contributed by atoms with van der Waals surface area (Å²) < 4.78 is 0. The zero-order chi connectivity index (χ0) is 14.3. The fourth-order valence-corrected chi connectivity index (χ4v) is 1.61. The largest absolute Gasteiger partial charge is 0.369 e. The van der Waals surface area contributed by atoms with Gasteiger partial charge in [-0.25, -0.2) is 4.98 Å². The van der Waals surface area contributed by atoms with E-state index in [4.69, 9.17) is 5.73 Å². The molecule has 19 heavy (non-hydrogen) atoms. The molecule has 0 atom stereocenters. The van der Waals surface area contributed by atoms with Crippen LogP contribution in [0.25, 0.3) is 0 Å². The Labute approximate surface area is 114 Å². The molecule has 6 heteroatoms. The van der Waals surface area contributed by atoms with Gasteiger partial charge in [0.05, 0.1) is 24.6 Å². The predicted molar refractivity (Wildman–Crippen MR) is 75.6 cm³/mol. The SMILES string of the molecule is CCCNc1cnc(CN(CC(N)=O)C(C)C)cn1. The third-order valence-corrected chi connectivity index (χ3v) is 2.72. The Kier molecular flexibility index (Phi) is 6.21. The molecule has 0 aliphatic heterocycles. The first-order valence-electron chi connectivity index (χ1n) is 6.60. The van der Waals surface area contributed by atoms with Crippen molar-refractivity contribution in [3.63, 3.8) is 0 Å². The van der Waals surface area contributed by atoms with Gasteiger partial charge in [0.1, 0.15) is 5.82 Å². The molecule has 0 aliphatic rings. The molecule has 0 aromatic carbocycles. The van der Waals surface area contributed by atoms with Crippen LogP contribution in [0.4, 0.5) is 5.82 Å². The fourth-order valence-electron chi connectivity index (χ4n) is 1.61. The van der Waals surface area contributed by atoms with Gasteiger partial charge in [-0.15, -0.1) is 0 Å². The Morgan fingerprint density at radius 1 is 1.42 bits per heavy atom. The zero-order valence-corrected chi connectivity index (χ0v) is 11.9. The summed E-state index contributed by atoms with van der Waals surface area (Å²) >= 11 is 0. The minimum Gasteiger partial charge on any atom is -0.369 e. The van der Waals surface area contributed by atoms with E-state index < -0.39 is 0 Å². The zero-order valence-electron chi connectivity index (χ0n) is 11.9. The average Bonchev–Trinajstić information content (AvgIpc) is 2.36. The molecule has 1 amide bonds. The van der Waals surface area contributed by atoms with Crippen molar-refractivity contribution in [1.29, 1.82) is 0 Å². The number of aromatic nitrogens is 2. The van der Waals surface area contributed by atoms with Gasteiger partial charge in [0, 0.05) is 19.1 Å². The molecule has 3 N–H and O–H groups in total. The van der Waals surface area contributed by atoms with Crippen LogP contribution in [0.5, 0.6) is 0 Å². The Morgan fingerprint density at radius 3 is 2.63 bits per heavy atom. The van der Waals surface area contributed by atoms with Crippen molar-refractivity contribution in [3.05, 3.63) is 18.1 Å². The van der Waals surface area contributed by atoms with Gasteiger partial charge >= 0.3 is 0 Å². The molecular formula is C13H23N5O. The van der Waals surface area contributed by atoms with Gasteiger partial charge in [-0.05, 0) is 20.3 Å². The highest BCUT2D eigenvalue weighted by atomic mass is 16.1. The lowest BCUT2D eigenvalue weighted by Crippen LogP contribution is -2.38. The Balaban J connectivity index is 2.61. The molecule has 0 aliphatic carbocycles. The number of primary amides is 1. The van der Waals surface area contributed by atoms with E-state index in [9.17, 15) is 4.79 Å². The Morgan fingerprint density at radius 2 is 2.16 bits per heavy atom. The van der Waals surface area contributed by atoms with E-state index in [0.29, 0.717) is 6.54 Å². The summed E-state index contributed by atoms with van der Waals surface area (Å²) in [6, 6.07) is 0.229. The minimum atomic E-state index is -0.331. The number of nitrogens with zero attached hydrogens (tertiary/aromatic N) is 3. The van der Waals surface area contributed by atoms with Crippen LogP contribution in [-0.4, -0.2) is 39.9 Å². The second kappa shape index (κ2) is 7.68. The van der Waals surface area contributed by atoms with Crippen molar-refractivity contribution in [1.82, 2.24) is 14.9 Å². The van der Waals surface area contributed by atoms with E-state index in [1.165, 1.54) is 0 Å². The van der Waals surface area contributed by atoms with Gasteiger partial charge in [0.2, 0.25) is 5.91 Å². The second-order valence-electron chi connectivity index (χ2n) is 4.78. The normalized spacial score (nSPS) is 11.0. The summed E-state index contributed by atoms with van der Waals surface area (Å²) in [5.41, 5.74) is 6.07. The monoisotopic (exact) mass is 265 g/mol. The van der Waals surface area contributed by atoms with Gasteiger partial charge in [0.25, 0.3) is 0 Å². The highest BCUT2D eigenvalue weighted by Gasteiger charge is 2.13. The smallest absolute Gasteiger partial charge is 0.231 e. The number of amides is 1. The molecule has 1 rings (SSSR count). The van der Waals surface area contributed by atoms with Gasteiger partial charge in [-0.2, -0.15) is 0 Å². The van der Waals surface area contributed by atoms with Crippen molar-refractivity contribution >= 4 is 11.7 Å². The van der Waals surface area contributed by atoms with Crippen molar-refractivity contribution in [2.75, 3.05) is 18.4 Å². The van der Waals surface area contributed by atoms with Crippen molar-refractivity contribution in [2.24, 2.45) is 5.73 Å². The van der Waals surface area contributed by atoms with E-state index in [-0.39, 0.29) is 18.5 Å². The number of nitrogens with one attached hydrogen (secondary N) is 1. The van der Waals surface area contributed by atoms with Gasteiger partial charge in [-0.3, -0.25) is 14.7 Å². The number of carbonyl (C=O) groups excluding carboxylic acids is 1. The van der Waals surface area contributed by atoms with Crippen LogP contribution in [0.3, 0.4) is 0 Å². The molecule has 0 unspecified atom stereocenters. The van der Waals surface area contributed by atoms with E-state index in [1.807, 2.05) is 18.7 Å². The highest BCUT2D eigenvalue weighted by molar-refractivity contribution is 5.75. The average molecular weight is 265 g/mol. The first-order chi connectivity index (χ1) is 9.02. The van der Waals surface area contributed by atoms with Crippen LogP contribution in [0, 0.1) is 0 Å². The number of hydrogen-bond donors (Lipinski definition) is 2.